The Bertz CT molecular complexity index is 441. The monoisotopic (exact) mass is 234 g/mol. The first-order chi connectivity index (χ1) is 8.01. The molecule has 0 aliphatic rings. The third-order valence-electron chi connectivity index (χ3n) is 2.59. The lowest BCUT2D eigenvalue weighted by Crippen LogP contribution is -2.25. The second-order valence-electron chi connectivity index (χ2n) is 3.88. The van der Waals surface area contributed by atoms with E-state index < -0.39 is 5.97 Å². The van der Waals surface area contributed by atoms with Gasteiger partial charge in [0, 0.05) is 18.8 Å². The summed E-state index contributed by atoms with van der Waals surface area (Å²) in [6.45, 7) is 10.6. The first-order valence-corrected chi connectivity index (χ1v) is 5.58. The van der Waals surface area contributed by atoms with Crippen molar-refractivity contribution in [3.05, 3.63) is 35.7 Å². The molecule has 0 saturated heterocycles. The molecule has 0 aliphatic carbocycles. The highest BCUT2D eigenvalue weighted by molar-refractivity contribution is 5.95. The van der Waals surface area contributed by atoms with Crippen LogP contribution in [0.4, 0.5) is 5.69 Å². The SMILES string of the molecule is C=CCN(CC)c1cc(C)nc(C)c1C(=O)O. The van der Waals surface area contributed by atoms with Gasteiger partial charge in [-0.2, -0.15) is 0 Å². The van der Waals surface area contributed by atoms with Crippen LogP contribution in [0.5, 0.6) is 0 Å². The number of hydrogen-bond acceptors (Lipinski definition) is 3. The number of aryl methyl sites for hydroxylation is 2. The fraction of sp³-hybridized carbons (Fsp3) is 0.385. The van der Waals surface area contributed by atoms with E-state index >= 15 is 0 Å². The molecule has 17 heavy (non-hydrogen) atoms. The Morgan fingerprint density at radius 3 is 2.71 bits per heavy atom. The summed E-state index contributed by atoms with van der Waals surface area (Å²) in [7, 11) is 0. The molecule has 1 rings (SSSR count). The van der Waals surface area contributed by atoms with Gasteiger partial charge in [-0.1, -0.05) is 6.08 Å². The zero-order chi connectivity index (χ0) is 13.0. The van der Waals surface area contributed by atoms with Crippen molar-refractivity contribution in [1.82, 2.24) is 4.98 Å². The summed E-state index contributed by atoms with van der Waals surface area (Å²) in [5.74, 6) is -0.937. The summed E-state index contributed by atoms with van der Waals surface area (Å²) in [6, 6.07) is 1.81. The molecule has 4 heteroatoms. The lowest BCUT2D eigenvalue weighted by atomic mass is 10.1. The highest BCUT2D eigenvalue weighted by Crippen LogP contribution is 2.24. The molecule has 1 aromatic rings. The van der Waals surface area contributed by atoms with E-state index in [1.54, 1.807) is 13.0 Å². The third-order valence-corrected chi connectivity index (χ3v) is 2.59. The van der Waals surface area contributed by atoms with E-state index in [0.29, 0.717) is 17.9 Å². The lowest BCUT2D eigenvalue weighted by molar-refractivity contribution is 0.0696. The van der Waals surface area contributed by atoms with Gasteiger partial charge in [0.1, 0.15) is 5.56 Å². The van der Waals surface area contributed by atoms with Crippen LogP contribution in [-0.4, -0.2) is 29.1 Å². The van der Waals surface area contributed by atoms with Crippen LogP contribution in [0.3, 0.4) is 0 Å². The van der Waals surface area contributed by atoms with Crippen molar-refractivity contribution in [1.29, 1.82) is 0 Å². The van der Waals surface area contributed by atoms with Crippen molar-refractivity contribution >= 4 is 11.7 Å². The summed E-state index contributed by atoms with van der Waals surface area (Å²) >= 11 is 0. The van der Waals surface area contributed by atoms with Crippen molar-refractivity contribution in [3.8, 4) is 0 Å². The van der Waals surface area contributed by atoms with Gasteiger partial charge >= 0.3 is 5.97 Å². The Labute approximate surface area is 102 Å². The van der Waals surface area contributed by atoms with Crippen molar-refractivity contribution in [2.45, 2.75) is 20.8 Å². The van der Waals surface area contributed by atoms with Crippen LogP contribution in [-0.2, 0) is 0 Å². The highest BCUT2D eigenvalue weighted by Gasteiger charge is 2.18. The molecule has 1 N–H and O–H groups in total. The molecule has 0 atom stereocenters. The molecule has 92 valence electrons. The van der Waals surface area contributed by atoms with Gasteiger partial charge in [-0.15, -0.1) is 6.58 Å². The number of aromatic nitrogens is 1. The van der Waals surface area contributed by atoms with Crippen molar-refractivity contribution in [3.63, 3.8) is 0 Å². The molecule has 0 aliphatic heterocycles. The topological polar surface area (TPSA) is 53.4 Å². The van der Waals surface area contributed by atoms with Crippen LogP contribution in [0.1, 0.15) is 28.7 Å². The molecule has 0 spiro atoms. The second-order valence-corrected chi connectivity index (χ2v) is 3.88. The fourth-order valence-electron chi connectivity index (χ4n) is 1.88. The molecule has 0 fully saturated rings. The molecule has 1 heterocycles. The maximum Gasteiger partial charge on any atom is 0.339 e. The standard InChI is InChI=1S/C13H18N2O2/c1-5-7-15(6-2)11-8-9(3)14-10(4)12(11)13(16)17/h5,8H,1,6-7H2,2-4H3,(H,16,17). The first-order valence-electron chi connectivity index (χ1n) is 5.58. The average Bonchev–Trinajstić information content (AvgIpc) is 2.23. The average molecular weight is 234 g/mol. The summed E-state index contributed by atoms with van der Waals surface area (Å²) in [4.78, 5) is 17.5. The summed E-state index contributed by atoms with van der Waals surface area (Å²) in [5, 5.41) is 9.26. The number of pyridine rings is 1. The largest absolute Gasteiger partial charge is 0.478 e. The zero-order valence-electron chi connectivity index (χ0n) is 10.5. The molecule has 4 nitrogen and oxygen atoms in total. The summed E-state index contributed by atoms with van der Waals surface area (Å²) in [5.41, 5.74) is 2.37. The van der Waals surface area contributed by atoms with Gasteiger partial charge in [0.15, 0.2) is 0 Å². The number of carbonyl (C=O) groups is 1. The van der Waals surface area contributed by atoms with E-state index in [2.05, 4.69) is 11.6 Å². The molecule has 0 amide bonds. The first kappa shape index (κ1) is 13.2. The van der Waals surface area contributed by atoms with Crippen LogP contribution in [0.15, 0.2) is 18.7 Å². The lowest BCUT2D eigenvalue weighted by Gasteiger charge is -2.24. The van der Waals surface area contributed by atoms with Crippen molar-refractivity contribution in [2.75, 3.05) is 18.0 Å². The molecule has 0 saturated carbocycles. The highest BCUT2D eigenvalue weighted by atomic mass is 16.4. The summed E-state index contributed by atoms with van der Waals surface area (Å²) < 4.78 is 0. The van der Waals surface area contributed by atoms with E-state index in [1.165, 1.54) is 0 Å². The van der Waals surface area contributed by atoms with E-state index in [9.17, 15) is 9.90 Å². The Balaban J connectivity index is 3.37. The van der Waals surface area contributed by atoms with Crippen LogP contribution < -0.4 is 4.90 Å². The van der Waals surface area contributed by atoms with Gasteiger partial charge in [-0.05, 0) is 26.8 Å². The number of nitrogens with zero attached hydrogens (tertiary/aromatic N) is 2. The van der Waals surface area contributed by atoms with E-state index in [0.717, 1.165) is 12.2 Å². The minimum absolute atomic E-state index is 0.277. The molecular weight excluding hydrogens is 216 g/mol. The molecule has 0 unspecified atom stereocenters. The molecule has 0 bridgehead atoms. The fourth-order valence-corrected chi connectivity index (χ4v) is 1.88. The Hall–Kier alpha value is -1.84. The van der Waals surface area contributed by atoms with Crippen LogP contribution in [0, 0.1) is 13.8 Å². The van der Waals surface area contributed by atoms with E-state index in [4.69, 9.17) is 0 Å². The number of aromatic carboxylic acids is 1. The van der Waals surface area contributed by atoms with Crippen LogP contribution >= 0.6 is 0 Å². The number of hydrogen-bond donors (Lipinski definition) is 1. The van der Waals surface area contributed by atoms with E-state index in [1.807, 2.05) is 24.8 Å². The molecule has 0 aromatic carbocycles. The Morgan fingerprint density at radius 1 is 1.59 bits per heavy atom. The summed E-state index contributed by atoms with van der Waals surface area (Å²) in [6.07, 6.45) is 1.76. The minimum atomic E-state index is -0.937. The van der Waals surface area contributed by atoms with Gasteiger partial charge in [0.05, 0.1) is 11.4 Å². The number of rotatable bonds is 5. The minimum Gasteiger partial charge on any atom is -0.478 e. The maximum absolute atomic E-state index is 11.3. The van der Waals surface area contributed by atoms with Gasteiger partial charge < -0.3 is 10.0 Å². The molecular formula is C13H18N2O2. The third kappa shape index (κ3) is 2.84. The normalized spacial score (nSPS) is 10.1. The number of anilines is 1. The Kier molecular flexibility index (Phi) is 4.26. The predicted molar refractivity (Wildman–Crippen MR) is 68.8 cm³/mol. The predicted octanol–water partition coefficient (Wildman–Crippen LogP) is 2.41. The van der Waals surface area contributed by atoms with Gasteiger partial charge in [-0.3, -0.25) is 4.98 Å². The van der Waals surface area contributed by atoms with Crippen LogP contribution in [0.25, 0.3) is 0 Å². The maximum atomic E-state index is 11.3. The van der Waals surface area contributed by atoms with Crippen LogP contribution in [0.2, 0.25) is 0 Å². The Morgan fingerprint density at radius 2 is 2.24 bits per heavy atom. The quantitative estimate of drug-likeness (QED) is 0.795. The number of carboxylic acids is 1. The van der Waals surface area contributed by atoms with Gasteiger partial charge in [-0.25, -0.2) is 4.79 Å². The van der Waals surface area contributed by atoms with Crippen molar-refractivity contribution in [2.24, 2.45) is 0 Å². The smallest absolute Gasteiger partial charge is 0.339 e. The van der Waals surface area contributed by atoms with E-state index in [-0.39, 0.29) is 5.56 Å². The second kappa shape index (κ2) is 5.48. The zero-order valence-corrected chi connectivity index (χ0v) is 10.5. The number of likely N-dealkylation sites (N-methyl/N-ethyl adjacent to an activating group) is 1. The number of carboxylic acid groups (broad SMARTS) is 1. The molecule has 0 radical (unpaired) electrons. The van der Waals surface area contributed by atoms with Gasteiger partial charge in [0.25, 0.3) is 0 Å². The molecule has 1 aromatic heterocycles. The van der Waals surface area contributed by atoms with Gasteiger partial charge in [0.2, 0.25) is 0 Å². The van der Waals surface area contributed by atoms with Crippen molar-refractivity contribution < 1.29 is 9.90 Å².